The van der Waals surface area contributed by atoms with E-state index < -0.39 is 5.54 Å². The third kappa shape index (κ3) is 3.14. The molecule has 0 aromatic heterocycles. The average molecular weight is 416 g/mol. The monoisotopic (exact) mass is 415 g/mol. The van der Waals surface area contributed by atoms with Crippen molar-refractivity contribution in [3.63, 3.8) is 0 Å². The van der Waals surface area contributed by atoms with E-state index in [1.165, 1.54) is 0 Å². The largest absolute Gasteiger partial charge is 0.493 e. The minimum atomic E-state index is -1.39. The number of benzene rings is 2. The van der Waals surface area contributed by atoms with Crippen molar-refractivity contribution in [1.29, 1.82) is 5.26 Å². The van der Waals surface area contributed by atoms with Gasteiger partial charge in [0.2, 0.25) is 5.54 Å². The number of nitrogens with zero attached hydrogens (tertiary/aromatic N) is 1. The van der Waals surface area contributed by atoms with Crippen LogP contribution in [0.2, 0.25) is 0 Å². The summed E-state index contributed by atoms with van der Waals surface area (Å²) in [6.07, 6.45) is 0.625. The molecule has 2 aromatic rings. The van der Waals surface area contributed by atoms with Gasteiger partial charge in [0.1, 0.15) is 6.07 Å². The second kappa shape index (κ2) is 7.36. The van der Waals surface area contributed by atoms with Crippen LogP contribution in [0.4, 0.5) is 5.69 Å². The van der Waals surface area contributed by atoms with Crippen molar-refractivity contribution < 1.29 is 14.3 Å². The van der Waals surface area contributed by atoms with E-state index in [-0.39, 0.29) is 5.91 Å². The van der Waals surface area contributed by atoms with Crippen LogP contribution in [-0.4, -0.2) is 26.7 Å². The Kier molecular flexibility index (Phi) is 5.16. The van der Waals surface area contributed by atoms with Gasteiger partial charge in [-0.15, -0.1) is 0 Å². The fraction of sp³-hybridized carbons (Fsp3) is 0.263. The Labute approximate surface area is 160 Å². The highest BCUT2D eigenvalue weighted by Crippen LogP contribution is 2.37. The summed E-state index contributed by atoms with van der Waals surface area (Å²) in [6.45, 7) is 0.447. The van der Waals surface area contributed by atoms with Crippen molar-refractivity contribution in [2.75, 3.05) is 26.1 Å². The van der Waals surface area contributed by atoms with Crippen molar-refractivity contribution >= 4 is 27.5 Å². The lowest BCUT2D eigenvalue weighted by atomic mass is 9.92. The molecule has 6 nitrogen and oxygen atoms in total. The predicted octanol–water partition coefficient (Wildman–Crippen LogP) is 2.97. The summed E-state index contributed by atoms with van der Waals surface area (Å²) in [5.41, 5.74) is 0.900. The summed E-state index contributed by atoms with van der Waals surface area (Å²) >= 11 is 3.40. The highest BCUT2D eigenvalue weighted by atomic mass is 79.9. The molecule has 3 rings (SSSR count). The summed E-state index contributed by atoms with van der Waals surface area (Å²) in [6, 6.07) is 13.2. The molecule has 0 fully saturated rings. The van der Waals surface area contributed by atoms with E-state index in [4.69, 9.17) is 9.47 Å². The first-order chi connectivity index (χ1) is 12.5. The molecule has 26 heavy (non-hydrogen) atoms. The molecule has 0 saturated carbocycles. The SMILES string of the molecule is COc1ccc(CCNC2(C#N)C(=O)Nc3ccc(Br)cc32)cc1OC. The maximum atomic E-state index is 12.5. The van der Waals surface area contributed by atoms with Crippen LogP contribution in [0.15, 0.2) is 40.9 Å². The Morgan fingerprint density at radius 1 is 1.19 bits per heavy atom. The van der Waals surface area contributed by atoms with Crippen LogP contribution in [0.5, 0.6) is 11.5 Å². The summed E-state index contributed by atoms with van der Waals surface area (Å²) in [7, 11) is 3.17. The number of hydrogen-bond acceptors (Lipinski definition) is 5. The van der Waals surface area contributed by atoms with E-state index >= 15 is 0 Å². The number of methoxy groups -OCH3 is 2. The summed E-state index contributed by atoms with van der Waals surface area (Å²) in [4.78, 5) is 12.5. The lowest BCUT2D eigenvalue weighted by Crippen LogP contribution is -2.47. The molecule has 1 unspecified atom stereocenters. The fourth-order valence-corrected chi connectivity index (χ4v) is 3.39. The molecule has 1 aliphatic rings. The van der Waals surface area contributed by atoms with Crippen LogP contribution in [0.3, 0.4) is 0 Å². The van der Waals surface area contributed by atoms with Gasteiger partial charge in [0.25, 0.3) is 5.91 Å². The van der Waals surface area contributed by atoms with Crippen molar-refractivity contribution in [3.05, 3.63) is 52.0 Å². The van der Waals surface area contributed by atoms with Gasteiger partial charge in [-0.2, -0.15) is 5.26 Å². The van der Waals surface area contributed by atoms with Crippen molar-refractivity contribution in [2.45, 2.75) is 12.0 Å². The normalized spacial score (nSPS) is 18.0. The zero-order chi connectivity index (χ0) is 18.7. The van der Waals surface area contributed by atoms with Gasteiger partial charge >= 0.3 is 0 Å². The molecule has 0 radical (unpaired) electrons. The number of anilines is 1. The first-order valence-corrected chi connectivity index (χ1v) is 8.82. The standard InChI is InChI=1S/C19H18BrN3O3/c1-25-16-6-3-12(9-17(16)26-2)7-8-22-19(11-21)14-10-13(20)4-5-15(14)23-18(19)24/h3-6,9-10,22H,7-8H2,1-2H3,(H,23,24). The van der Waals surface area contributed by atoms with Crippen LogP contribution >= 0.6 is 15.9 Å². The van der Waals surface area contributed by atoms with E-state index in [0.717, 1.165) is 10.0 Å². The smallest absolute Gasteiger partial charge is 0.264 e. The molecular formula is C19H18BrN3O3. The van der Waals surface area contributed by atoms with Gasteiger partial charge in [0.15, 0.2) is 11.5 Å². The highest BCUT2D eigenvalue weighted by molar-refractivity contribution is 9.10. The minimum Gasteiger partial charge on any atom is -0.493 e. The van der Waals surface area contributed by atoms with Crippen molar-refractivity contribution in [1.82, 2.24) is 5.32 Å². The van der Waals surface area contributed by atoms with Crippen LogP contribution in [-0.2, 0) is 16.8 Å². The van der Waals surface area contributed by atoms with Crippen LogP contribution in [0.1, 0.15) is 11.1 Å². The number of halogens is 1. The zero-order valence-electron chi connectivity index (χ0n) is 14.4. The number of ether oxygens (including phenoxy) is 2. The van der Waals surface area contributed by atoms with Crippen LogP contribution in [0.25, 0.3) is 0 Å². The second-order valence-corrected chi connectivity index (χ2v) is 6.79. The topological polar surface area (TPSA) is 83.4 Å². The minimum absolute atomic E-state index is 0.361. The lowest BCUT2D eigenvalue weighted by Gasteiger charge is -2.21. The summed E-state index contributed by atoms with van der Waals surface area (Å²) in [5.74, 6) is 0.944. The van der Waals surface area contributed by atoms with E-state index in [1.54, 1.807) is 26.4 Å². The molecule has 0 saturated heterocycles. The van der Waals surface area contributed by atoms with Gasteiger partial charge in [0, 0.05) is 22.3 Å². The van der Waals surface area contributed by atoms with Gasteiger partial charge in [0.05, 0.1) is 14.2 Å². The summed E-state index contributed by atoms with van der Waals surface area (Å²) in [5, 5.41) is 15.6. The first kappa shape index (κ1) is 18.2. The fourth-order valence-electron chi connectivity index (χ4n) is 3.03. The molecule has 1 aliphatic heterocycles. The second-order valence-electron chi connectivity index (χ2n) is 5.87. The lowest BCUT2D eigenvalue weighted by molar-refractivity contribution is -0.120. The number of amides is 1. The maximum absolute atomic E-state index is 12.5. The van der Waals surface area contributed by atoms with E-state index in [2.05, 4.69) is 32.6 Å². The number of nitrogens with one attached hydrogen (secondary N) is 2. The molecule has 0 spiro atoms. The van der Waals surface area contributed by atoms with Gasteiger partial charge in [-0.1, -0.05) is 22.0 Å². The maximum Gasteiger partial charge on any atom is 0.264 e. The third-order valence-corrected chi connectivity index (χ3v) is 4.89. The summed E-state index contributed by atoms with van der Waals surface area (Å²) < 4.78 is 11.4. The molecule has 1 atom stereocenters. The number of carbonyl (C=O) groups is 1. The molecule has 1 heterocycles. The molecule has 134 valence electrons. The molecule has 2 N–H and O–H groups in total. The number of rotatable bonds is 6. The first-order valence-electron chi connectivity index (χ1n) is 8.02. The Morgan fingerprint density at radius 2 is 1.96 bits per heavy atom. The predicted molar refractivity (Wildman–Crippen MR) is 101 cm³/mol. The molecule has 0 aliphatic carbocycles. The van der Waals surface area contributed by atoms with Crippen molar-refractivity contribution in [2.24, 2.45) is 0 Å². The Hall–Kier alpha value is -2.56. The van der Waals surface area contributed by atoms with Gasteiger partial charge < -0.3 is 14.8 Å². The highest BCUT2D eigenvalue weighted by Gasteiger charge is 2.47. The van der Waals surface area contributed by atoms with E-state index in [0.29, 0.717) is 35.7 Å². The van der Waals surface area contributed by atoms with E-state index in [1.807, 2.05) is 24.3 Å². The van der Waals surface area contributed by atoms with Crippen molar-refractivity contribution in [3.8, 4) is 17.6 Å². The number of nitriles is 1. The number of fused-ring (bicyclic) bond motifs is 1. The number of hydrogen-bond donors (Lipinski definition) is 2. The Balaban J connectivity index is 1.78. The molecule has 7 heteroatoms. The number of carbonyl (C=O) groups excluding carboxylic acids is 1. The van der Waals surface area contributed by atoms with Crippen LogP contribution < -0.4 is 20.1 Å². The molecule has 2 aromatic carbocycles. The molecule has 0 bridgehead atoms. The van der Waals surface area contributed by atoms with E-state index in [9.17, 15) is 10.1 Å². The third-order valence-electron chi connectivity index (χ3n) is 4.39. The average Bonchev–Trinajstić information content (AvgIpc) is 2.93. The Bertz CT molecular complexity index is 894. The van der Waals surface area contributed by atoms with Gasteiger partial charge in [-0.25, -0.2) is 0 Å². The molecular weight excluding hydrogens is 398 g/mol. The zero-order valence-corrected chi connectivity index (χ0v) is 16.0. The molecule has 1 amide bonds. The quantitative estimate of drug-likeness (QED) is 0.757. The van der Waals surface area contributed by atoms with Gasteiger partial charge in [-0.05, 0) is 42.3 Å². The van der Waals surface area contributed by atoms with Crippen LogP contribution in [0, 0.1) is 11.3 Å². The Morgan fingerprint density at radius 3 is 2.65 bits per heavy atom. The van der Waals surface area contributed by atoms with Gasteiger partial charge in [-0.3, -0.25) is 10.1 Å².